The summed E-state index contributed by atoms with van der Waals surface area (Å²) in [6, 6.07) is 5.54. The molecule has 1 heterocycles. The second-order valence-electron chi connectivity index (χ2n) is 4.37. The first-order valence-corrected chi connectivity index (χ1v) is 6.86. The molecule has 1 saturated heterocycles. The SMILES string of the molecule is O=C(O)/C=C/c1cccc(Br)c1OCC1CCOC1. The lowest BCUT2D eigenvalue weighted by atomic mass is 10.1. The van der Waals surface area contributed by atoms with Crippen LogP contribution in [0.1, 0.15) is 12.0 Å². The molecule has 0 amide bonds. The molecule has 102 valence electrons. The average Bonchev–Trinajstić information content (AvgIpc) is 2.88. The van der Waals surface area contributed by atoms with Crippen LogP contribution in [0.3, 0.4) is 0 Å². The molecule has 0 saturated carbocycles. The Kier molecular flexibility index (Phi) is 4.99. The first kappa shape index (κ1) is 14.1. The van der Waals surface area contributed by atoms with Crippen molar-refractivity contribution in [3.05, 3.63) is 34.3 Å². The molecule has 1 aromatic carbocycles. The molecule has 0 aliphatic carbocycles. The maximum Gasteiger partial charge on any atom is 0.328 e. The van der Waals surface area contributed by atoms with Crippen molar-refractivity contribution in [2.24, 2.45) is 5.92 Å². The van der Waals surface area contributed by atoms with E-state index in [2.05, 4.69) is 15.9 Å². The average molecular weight is 327 g/mol. The van der Waals surface area contributed by atoms with Crippen molar-refractivity contribution in [3.63, 3.8) is 0 Å². The summed E-state index contributed by atoms with van der Waals surface area (Å²) in [5.74, 6) is 0.102. The van der Waals surface area contributed by atoms with E-state index >= 15 is 0 Å². The van der Waals surface area contributed by atoms with Crippen molar-refractivity contribution in [1.82, 2.24) is 0 Å². The lowest BCUT2D eigenvalue weighted by Crippen LogP contribution is -2.12. The van der Waals surface area contributed by atoms with E-state index in [4.69, 9.17) is 14.6 Å². The highest BCUT2D eigenvalue weighted by molar-refractivity contribution is 9.10. The van der Waals surface area contributed by atoms with Crippen LogP contribution in [0.15, 0.2) is 28.7 Å². The van der Waals surface area contributed by atoms with Gasteiger partial charge in [-0.3, -0.25) is 0 Å². The summed E-state index contributed by atoms with van der Waals surface area (Å²) < 4.78 is 11.9. The molecule has 1 atom stereocenters. The molecule has 5 heteroatoms. The summed E-state index contributed by atoms with van der Waals surface area (Å²) in [5, 5.41) is 8.68. The Bertz CT molecular complexity index is 478. The van der Waals surface area contributed by atoms with Crippen molar-refractivity contribution in [2.75, 3.05) is 19.8 Å². The van der Waals surface area contributed by atoms with Crippen molar-refractivity contribution < 1.29 is 19.4 Å². The summed E-state index contributed by atoms with van der Waals surface area (Å²) in [6.07, 6.45) is 3.64. The molecule has 4 nitrogen and oxygen atoms in total. The van der Waals surface area contributed by atoms with Gasteiger partial charge in [-0.2, -0.15) is 0 Å². The largest absolute Gasteiger partial charge is 0.491 e. The Hall–Kier alpha value is -1.33. The topological polar surface area (TPSA) is 55.8 Å². The van der Waals surface area contributed by atoms with E-state index in [1.165, 1.54) is 6.08 Å². The van der Waals surface area contributed by atoms with Crippen LogP contribution >= 0.6 is 15.9 Å². The zero-order valence-electron chi connectivity index (χ0n) is 10.3. The van der Waals surface area contributed by atoms with Crippen molar-refractivity contribution in [3.8, 4) is 5.75 Å². The predicted molar refractivity (Wildman–Crippen MR) is 75.2 cm³/mol. The molecule has 1 aliphatic heterocycles. The summed E-state index contributed by atoms with van der Waals surface area (Å²) >= 11 is 3.43. The van der Waals surface area contributed by atoms with Gasteiger partial charge in [0.15, 0.2) is 0 Å². The summed E-state index contributed by atoms with van der Waals surface area (Å²) in [7, 11) is 0. The Morgan fingerprint density at radius 3 is 3.11 bits per heavy atom. The van der Waals surface area contributed by atoms with Crippen molar-refractivity contribution in [2.45, 2.75) is 6.42 Å². The molecule has 19 heavy (non-hydrogen) atoms. The van der Waals surface area contributed by atoms with E-state index in [1.807, 2.05) is 18.2 Å². The predicted octanol–water partition coefficient (Wildman–Crippen LogP) is 2.96. The highest BCUT2D eigenvalue weighted by Gasteiger charge is 2.17. The molecule has 0 spiro atoms. The van der Waals surface area contributed by atoms with E-state index in [-0.39, 0.29) is 0 Å². The van der Waals surface area contributed by atoms with E-state index in [0.717, 1.165) is 35.7 Å². The quantitative estimate of drug-likeness (QED) is 0.845. The van der Waals surface area contributed by atoms with Crippen LogP contribution in [0.4, 0.5) is 0 Å². The molecule has 1 N–H and O–H groups in total. The number of hydrogen-bond donors (Lipinski definition) is 1. The zero-order chi connectivity index (χ0) is 13.7. The van der Waals surface area contributed by atoms with Gasteiger partial charge in [-0.05, 0) is 34.5 Å². The molecular weight excluding hydrogens is 312 g/mol. The standard InChI is InChI=1S/C14H15BrO4/c15-12-3-1-2-11(4-5-13(16)17)14(12)19-9-10-6-7-18-8-10/h1-5,10H,6-9H2,(H,16,17)/b5-4+. The number of ether oxygens (including phenoxy) is 2. The molecule has 1 aliphatic rings. The fourth-order valence-electron chi connectivity index (χ4n) is 1.89. The smallest absolute Gasteiger partial charge is 0.328 e. The number of para-hydroxylation sites is 1. The number of carboxylic acid groups (broad SMARTS) is 1. The normalized spacial score (nSPS) is 18.9. The molecule has 0 aromatic heterocycles. The number of carbonyl (C=O) groups is 1. The number of carboxylic acids is 1. The Labute approximate surface area is 120 Å². The summed E-state index contributed by atoms with van der Waals surface area (Å²) in [6.45, 7) is 2.09. The van der Waals surface area contributed by atoms with Gasteiger partial charge in [-0.1, -0.05) is 12.1 Å². The maximum absolute atomic E-state index is 10.6. The Morgan fingerprint density at radius 2 is 2.42 bits per heavy atom. The third kappa shape index (κ3) is 4.08. The van der Waals surface area contributed by atoms with Gasteiger partial charge in [0, 0.05) is 24.2 Å². The minimum Gasteiger partial charge on any atom is -0.491 e. The number of benzene rings is 1. The fourth-order valence-corrected chi connectivity index (χ4v) is 2.38. The Morgan fingerprint density at radius 1 is 1.58 bits per heavy atom. The summed E-state index contributed by atoms with van der Waals surface area (Å²) in [5.41, 5.74) is 0.746. The first-order valence-electron chi connectivity index (χ1n) is 6.07. The van der Waals surface area contributed by atoms with Crippen molar-refractivity contribution >= 4 is 28.0 Å². The maximum atomic E-state index is 10.6. The molecule has 1 unspecified atom stereocenters. The van der Waals surface area contributed by atoms with Gasteiger partial charge < -0.3 is 14.6 Å². The van der Waals surface area contributed by atoms with Crippen LogP contribution in [-0.2, 0) is 9.53 Å². The molecule has 1 aromatic rings. The van der Waals surface area contributed by atoms with Crippen LogP contribution < -0.4 is 4.74 Å². The first-order chi connectivity index (χ1) is 9.16. The third-order valence-corrected chi connectivity index (χ3v) is 3.51. The van der Waals surface area contributed by atoms with Crippen LogP contribution in [-0.4, -0.2) is 30.9 Å². The number of rotatable bonds is 5. The zero-order valence-corrected chi connectivity index (χ0v) is 11.9. The van der Waals surface area contributed by atoms with Crippen LogP contribution in [0.25, 0.3) is 6.08 Å². The molecule has 0 radical (unpaired) electrons. The van der Waals surface area contributed by atoms with Crippen molar-refractivity contribution in [1.29, 1.82) is 0 Å². The number of halogens is 1. The lowest BCUT2D eigenvalue weighted by Gasteiger charge is -2.14. The van der Waals surface area contributed by atoms with Gasteiger partial charge in [-0.15, -0.1) is 0 Å². The van der Waals surface area contributed by atoms with E-state index in [1.54, 1.807) is 0 Å². The van der Waals surface area contributed by atoms with E-state index in [0.29, 0.717) is 18.3 Å². The van der Waals surface area contributed by atoms with E-state index < -0.39 is 5.97 Å². The van der Waals surface area contributed by atoms with Gasteiger partial charge in [0.1, 0.15) is 5.75 Å². The van der Waals surface area contributed by atoms with Gasteiger partial charge in [0.25, 0.3) is 0 Å². The molecule has 2 rings (SSSR count). The van der Waals surface area contributed by atoms with Gasteiger partial charge in [0.05, 0.1) is 17.7 Å². The third-order valence-electron chi connectivity index (χ3n) is 2.89. The summed E-state index contributed by atoms with van der Waals surface area (Å²) in [4.78, 5) is 10.6. The van der Waals surface area contributed by atoms with Crippen LogP contribution in [0, 0.1) is 5.92 Å². The van der Waals surface area contributed by atoms with Crippen LogP contribution in [0.5, 0.6) is 5.75 Å². The van der Waals surface area contributed by atoms with Gasteiger partial charge in [0.2, 0.25) is 0 Å². The highest BCUT2D eigenvalue weighted by atomic mass is 79.9. The molecular formula is C14H15BrO4. The minimum absolute atomic E-state index is 0.406. The highest BCUT2D eigenvalue weighted by Crippen LogP contribution is 2.31. The Balaban J connectivity index is 2.10. The fraction of sp³-hybridized carbons (Fsp3) is 0.357. The second-order valence-corrected chi connectivity index (χ2v) is 5.22. The van der Waals surface area contributed by atoms with Gasteiger partial charge in [-0.25, -0.2) is 4.79 Å². The number of hydrogen-bond acceptors (Lipinski definition) is 3. The minimum atomic E-state index is -0.977. The second kappa shape index (κ2) is 6.73. The molecule has 0 bridgehead atoms. The van der Waals surface area contributed by atoms with Crippen LogP contribution in [0.2, 0.25) is 0 Å². The monoisotopic (exact) mass is 326 g/mol. The molecule has 1 fully saturated rings. The van der Waals surface area contributed by atoms with E-state index in [9.17, 15) is 4.79 Å². The van der Waals surface area contributed by atoms with Gasteiger partial charge >= 0.3 is 5.97 Å². The number of aliphatic carboxylic acids is 1. The lowest BCUT2D eigenvalue weighted by molar-refractivity contribution is -0.131.